The van der Waals surface area contributed by atoms with Crippen LogP contribution in [0.4, 0.5) is 43.9 Å². The third-order valence-electron chi connectivity index (χ3n) is 3.48. The van der Waals surface area contributed by atoms with Crippen LogP contribution in [0.1, 0.15) is 13.8 Å². The van der Waals surface area contributed by atoms with Gasteiger partial charge in [-0.05, 0) is 13.8 Å². The smallest absolute Gasteiger partial charge is 0.298 e. The molecule has 0 saturated carbocycles. The molecular weight excluding hydrogens is 390 g/mol. The van der Waals surface area contributed by atoms with Crippen molar-refractivity contribution in [2.75, 3.05) is 0 Å². The largest absolute Gasteiger partial charge is 0.462 e. The topological polar surface area (TPSA) is 33.3 Å². The van der Waals surface area contributed by atoms with Crippen LogP contribution in [-0.4, -0.2) is 47.4 Å². The van der Waals surface area contributed by atoms with Gasteiger partial charge in [-0.15, -0.1) is 11.6 Å². The van der Waals surface area contributed by atoms with Crippen molar-refractivity contribution in [1.29, 1.82) is 0 Å². The van der Waals surface area contributed by atoms with Gasteiger partial charge < -0.3 is 0 Å². The summed E-state index contributed by atoms with van der Waals surface area (Å²) in [6.45, 7) is 1.13. The summed E-state index contributed by atoms with van der Waals surface area (Å²) in [6.07, 6.45) is -19.1. The van der Waals surface area contributed by atoms with Crippen LogP contribution in [0.15, 0.2) is 0 Å². The van der Waals surface area contributed by atoms with Gasteiger partial charge in [-0.3, -0.25) is 10.2 Å². The number of hydrazine groups is 1. The monoisotopic (exact) mass is 400 g/mol. The van der Waals surface area contributed by atoms with E-state index in [1.54, 1.807) is 0 Å². The molecule has 1 aliphatic heterocycles. The fourth-order valence-corrected chi connectivity index (χ4v) is 2.27. The van der Waals surface area contributed by atoms with E-state index in [1.165, 1.54) is 6.92 Å². The number of alkyl halides is 11. The zero-order chi connectivity index (χ0) is 19.4. The first-order valence-electron chi connectivity index (χ1n) is 6.13. The summed E-state index contributed by atoms with van der Waals surface area (Å²) in [5, 5.41) is -1.60. The molecule has 0 radical (unpaired) electrons. The van der Waals surface area contributed by atoms with Crippen molar-refractivity contribution in [1.82, 2.24) is 10.9 Å². The molecule has 4 atom stereocenters. The average molecular weight is 401 g/mol. The van der Waals surface area contributed by atoms with E-state index in [0.29, 0.717) is 0 Å². The Hall–Kier alpha value is -0.530. The Morgan fingerprint density at radius 2 is 1.29 bits per heavy atom. The van der Waals surface area contributed by atoms with Gasteiger partial charge in [0.1, 0.15) is 0 Å². The van der Waals surface area contributed by atoms with Gasteiger partial charge in [-0.2, -0.15) is 43.9 Å². The molecule has 0 spiro atoms. The Morgan fingerprint density at radius 3 is 1.58 bits per heavy atom. The molecule has 1 saturated heterocycles. The Labute approximate surface area is 133 Å². The van der Waals surface area contributed by atoms with Gasteiger partial charge in [0.25, 0.3) is 0 Å². The standard InChI is InChI=1S/C10H11ClF10N2O/c1-3-4(11)5(23-22-3)6(2,8(14,15)16)24-10(20,21)7(12,13)9(17,18)19/h3-5,22-23H,1-2H3/t3-,4+,5-,6-/m0/s1. The van der Waals surface area contributed by atoms with E-state index >= 15 is 0 Å². The average Bonchev–Trinajstić information content (AvgIpc) is 2.66. The maximum atomic E-state index is 13.3. The molecule has 0 unspecified atom stereocenters. The van der Waals surface area contributed by atoms with Crippen molar-refractivity contribution in [3.8, 4) is 0 Å². The van der Waals surface area contributed by atoms with Crippen molar-refractivity contribution in [2.24, 2.45) is 0 Å². The molecule has 0 amide bonds. The highest BCUT2D eigenvalue weighted by Crippen LogP contribution is 2.51. The third-order valence-corrected chi connectivity index (χ3v) is 4.11. The van der Waals surface area contributed by atoms with Crippen molar-refractivity contribution in [3.63, 3.8) is 0 Å². The molecule has 0 bridgehead atoms. The van der Waals surface area contributed by atoms with Gasteiger partial charge in [0.15, 0.2) is 5.60 Å². The highest BCUT2D eigenvalue weighted by atomic mass is 35.5. The maximum Gasteiger partial charge on any atom is 0.462 e. The molecule has 0 aromatic carbocycles. The normalized spacial score (nSPS) is 29.6. The van der Waals surface area contributed by atoms with Crippen LogP contribution in [0.3, 0.4) is 0 Å². The van der Waals surface area contributed by atoms with Crippen LogP contribution in [0.25, 0.3) is 0 Å². The van der Waals surface area contributed by atoms with Crippen LogP contribution >= 0.6 is 11.6 Å². The van der Waals surface area contributed by atoms with Crippen molar-refractivity contribution >= 4 is 11.6 Å². The van der Waals surface area contributed by atoms with Crippen molar-refractivity contribution in [3.05, 3.63) is 0 Å². The van der Waals surface area contributed by atoms with Gasteiger partial charge in [-0.25, -0.2) is 5.43 Å². The Kier molecular flexibility index (Phi) is 5.40. The Morgan fingerprint density at radius 1 is 0.833 bits per heavy atom. The summed E-state index contributed by atoms with van der Waals surface area (Å²) in [4.78, 5) is 0. The lowest BCUT2D eigenvalue weighted by atomic mass is 9.91. The lowest BCUT2D eigenvalue weighted by Gasteiger charge is -2.41. The molecule has 0 aromatic heterocycles. The second-order valence-corrected chi connectivity index (χ2v) is 5.80. The second-order valence-electron chi connectivity index (χ2n) is 5.30. The summed E-state index contributed by atoms with van der Waals surface area (Å²) in [5.74, 6) is -6.86. The number of ether oxygens (including phenoxy) is 1. The van der Waals surface area contributed by atoms with Crippen LogP contribution < -0.4 is 10.9 Å². The molecule has 3 nitrogen and oxygen atoms in total. The number of rotatable bonds is 4. The SMILES string of the molecule is C[C@@H]1NN[C@H]([C@](C)(OC(F)(F)C(F)(F)C(F)(F)F)C(F)(F)F)[C@@H]1Cl. The number of hydrogen-bond donors (Lipinski definition) is 2. The first-order chi connectivity index (χ1) is 10.4. The Bertz CT molecular complexity index is 468. The molecule has 1 heterocycles. The Balaban J connectivity index is 3.30. The molecule has 2 N–H and O–H groups in total. The highest BCUT2D eigenvalue weighted by molar-refractivity contribution is 6.21. The minimum Gasteiger partial charge on any atom is -0.298 e. The number of hydrogen-bond acceptors (Lipinski definition) is 3. The zero-order valence-electron chi connectivity index (χ0n) is 11.8. The van der Waals surface area contributed by atoms with Gasteiger partial charge in [-0.1, -0.05) is 0 Å². The minimum absolute atomic E-state index is 0.0971. The van der Waals surface area contributed by atoms with E-state index in [4.69, 9.17) is 11.6 Å². The van der Waals surface area contributed by atoms with E-state index in [9.17, 15) is 43.9 Å². The van der Waals surface area contributed by atoms with Crippen LogP contribution in [0, 0.1) is 0 Å². The molecule has 0 aliphatic carbocycles. The fourth-order valence-electron chi connectivity index (χ4n) is 1.90. The van der Waals surface area contributed by atoms with Crippen molar-refractivity contribution < 1.29 is 48.6 Å². The van der Waals surface area contributed by atoms with E-state index in [1.807, 2.05) is 5.43 Å². The number of nitrogens with one attached hydrogen (secondary N) is 2. The third kappa shape index (κ3) is 3.40. The summed E-state index contributed by atoms with van der Waals surface area (Å²) in [7, 11) is 0. The van der Waals surface area contributed by atoms with E-state index in [2.05, 4.69) is 10.2 Å². The minimum atomic E-state index is -6.86. The zero-order valence-corrected chi connectivity index (χ0v) is 12.6. The molecule has 1 rings (SSSR count). The van der Waals surface area contributed by atoms with Gasteiger partial charge >= 0.3 is 24.4 Å². The lowest BCUT2D eigenvalue weighted by Crippen LogP contribution is -2.66. The predicted octanol–water partition coefficient (Wildman–Crippen LogP) is 3.59. The second kappa shape index (κ2) is 6.02. The first kappa shape index (κ1) is 21.5. The van der Waals surface area contributed by atoms with E-state index < -0.39 is 47.4 Å². The van der Waals surface area contributed by atoms with Gasteiger partial charge in [0, 0.05) is 6.04 Å². The van der Waals surface area contributed by atoms with E-state index in [0.717, 1.165) is 0 Å². The molecule has 0 aromatic rings. The molecule has 14 heteroatoms. The highest BCUT2D eigenvalue weighted by Gasteiger charge is 2.78. The summed E-state index contributed by atoms with van der Waals surface area (Å²) >= 11 is 5.59. The molecule has 144 valence electrons. The quantitative estimate of drug-likeness (QED) is 0.559. The van der Waals surface area contributed by atoms with Gasteiger partial charge in [0.2, 0.25) is 0 Å². The maximum absolute atomic E-state index is 13.3. The summed E-state index contributed by atoms with van der Waals surface area (Å²) < 4.78 is 131. The molecular formula is C10H11ClF10N2O. The molecule has 1 fully saturated rings. The number of halogens is 11. The van der Waals surface area contributed by atoms with E-state index in [-0.39, 0.29) is 6.92 Å². The molecule has 1 aliphatic rings. The van der Waals surface area contributed by atoms with Crippen molar-refractivity contribution in [2.45, 2.75) is 61.3 Å². The van der Waals surface area contributed by atoms with Crippen LogP contribution in [0.2, 0.25) is 0 Å². The summed E-state index contributed by atoms with van der Waals surface area (Å²) in [5.41, 5.74) is -0.192. The van der Waals surface area contributed by atoms with Crippen LogP contribution in [0.5, 0.6) is 0 Å². The summed E-state index contributed by atoms with van der Waals surface area (Å²) in [6, 6.07) is -3.22. The lowest BCUT2D eigenvalue weighted by molar-refractivity contribution is -0.463. The predicted molar refractivity (Wildman–Crippen MR) is 60.7 cm³/mol. The molecule has 24 heavy (non-hydrogen) atoms. The fraction of sp³-hybridized carbons (Fsp3) is 1.00. The van der Waals surface area contributed by atoms with Crippen LogP contribution in [-0.2, 0) is 4.74 Å². The first-order valence-corrected chi connectivity index (χ1v) is 6.56. The van der Waals surface area contributed by atoms with Gasteiger partial charge in [0.05, 0.1) is 11.4 Å².